The number of aliphatic hydroxyl groups excluding tert-OH is 1. The smallest absolute Gasteiger partial charge is 0.465 e. The number of anilines is 2. The first-order chi connectivity index (χ1) is 26.1. The molecule has 0 aromatic carbocycles. The standard InChI is InChI=1S/C26H31FN10O14P2S2/c1-9(2)47-26(41)44-8-55-53(43)46-5-11-16(12(27)22(49-11)36-6-30-13-18(36)32-24(28)34-20(13)39)50-52(42,54-3)45-4-10-15(38)17(51-53)23(48-10)37-7-31-14-19(37)33-25(29)35-21(14)40/h6-7,9-10,12,15,17,22-23,38H,4-5,8H2,1-3H3,(H3,28,32,34,39)(H3,29,33,35,40)/t10-,12?,15?,17?,22?,23?,52?,53?/m1/s1. The molecule has 4 aromatic heterocycles. The molecule has 29 heteroatoms. The molecular weight excluding hydrogens is 821 g/mol. The highest BCUT2D eigenvalue weighted by Crippen LogP contribution is 2.66. The minimum atomic E-state index is -4.72. The van der Waals surface area contributed by atoms with Crippen LogP contribution in [-0.2, 0) is 46.2 Å². The summed E-state index contributed by atoms with van der Waals surface area (Å²) in [5.74, 6) is -2.48. The van der Waals surface area contributed by atoms with E-state index in [1.54, 1.807) is 13.8 Å². The molecule has 3 aliphatic rings. The van der Waals surface area contributed by atoms with Gasteiger partial charge in [0.15, 0.2) is 46.0 Å². The molecule has 4 aromatic rings. The fraction of sp³-hybridized carbons (Fsp3) is 0.500. The molecule has 0 radical (unpaired) electrons. The number of carbonyl (C=O) groups excluding carboxylic acids is 1. The number of carbonyl (C=O) groups is 1. The van der Waals surface area contributed by atoms with E-state index in [2.05, 4.69) is 29.9 Å². The van der Waals surface area contributed by atoms with Crippen LogP contribution in [0, 0.1) is 0 Å². The Labute approximate surface area is 314 Å². The summed E-state index contributed by atoms with van der Waals surface area (Å²) in [5, 5.41) is 11.5. The maximum absolute atomic E-state index is 16.5. The van der Waals surface area contributed by atoms with Crippen molar-refractivity contribution in [3.8, 4) is 0 Å². The number of fused-ring (bicyclic) bond motifs is 4. The lowest BCUT2D eigenvalue weighted by Gasteiger charge is -2.26. The number of nitrogen functional groups attached to an aromatic ring is 2. The molecule has 7 N–H and O–H groups in total. The van der Waals surface area contributed by atoms with Crippen LogP contribution in [0.15, 0.2) is 33.8 Å². The van der Waals surface area contributed by atoms with E-state index >= 15 is 4.39 Å². The number of hydrogen-bond acceptors (Lipinski definition) is 22. The number of alkyl halides is 1. The van der Waals surface area contributed by atoms with Gasteiger partial charge in [-0.2, -0.15) is 9.97 Å². The van der Waals surface area contributed by atoms with Crippen LogP contribution >= 0.6 is 36.4 Å². The zero-order valence-electron chi connectivity index (χ0n) is 28.5. The van der Waals surface area contributed by atoms with Crippen LogP contribution in [0.5, 0.6) is 0 Å². The van der Waals surface area contributed by atoms with Crippen LogP contribution in [0.3, 0.4) is 0 Å². The molecule has 55 heavy (non-hydrogen) atoms. The number of nitrogens with zero attached hydrogens (tertiary/aromatic N) is 6. The third-order valence-corrected chi connectivity index (χ3v) is 14.5. The highest BCUT2D eigenvalue weighted by Gasteiger charge is 2.52. The Morgan fingerprint density at radius 1 is 1.05 bits per heavy atom. The topological polar surface area (TPSA) is 324 Å². The van der Waals surface area contributed by atoms with Gasteiger partial charge in [-0.1, -0.05) is 0 Å². The largest absolute Gasteiger partial charge is 0.509 e. The Bertz CT molecular complexity index is 2390. The summed E-state index contributed by atoms with van der Waals surface area (Å²) in [6.07, 6.45) is -8.42. The van der Waals surface area contributed by atoms with Crippen LogP contribution in [-0.4, -0.2) is 106 Å². The van der Waals surface area contributed by atoms with Crippen LogP contribution in [0.4, 0.5) is 21.1 Å². The Morgan fingerprint density at radius 3 is 2.27 bits per heavy atom. The monoisotopic (exact) mass is 852 g/mol. The van der Waals surface area contributed by atoms with Gasteiger partial charge in [-0.05, 0) is 31.5 Å². The molecular formula is C26H31FN10O14P2S2. The molecule has 8 atom stereocenters. The van der Waals surface area contributed by atoms with Gasteiger partial charge in [0.25, 0.3) is 11.1 Å². The molecule has 0 aliphatic carbocycles. The van der Waals surface area contributed by atoms with Crippen molar-refractivity contribution >= 4 is 76.7 Å². The summed E-state index contributed by atoms with van der Waals surface area (Å²) >= 11 is 0.891. The lowest BCUT2D eigenvalue weighted by atomic mass is 10.1. The molecule has 7 heterocycles. The van der Waals surface area contributed by atoms with Crippen molar-refractivity contribution in [3.05, 3.63) is 44.9 Å². The van der Waals surface area contributed by atoms with Crippen molar-refractivity contribution in [2.45, 2.75) is 56.9 Å². The van der Waals surface area contributed by atoms with Gasteiger partial charge in [-0.3, -0.25) is 42.3 Å². The van der Waals surface area contributed by atoms with Gasteiger partial charge in [0, 0.05) is 11.4 Å². The van der Waals surface area contributed by atoms with Crippen molar-refractivity contribution in [1.82, 2.24) is 39.0 Å². The predicted octanol–water partition coefficient (Wildman–Crippen LogP) is 2.03. The summed E-state index contributed by atoms with van der Waals surface area (Å²) in [5.41, 5.74) is 9.38. The zero-order valence-corrected chi connectivity index (χ0v) is 31.9. The van der Waals surface area contributed by atoms with Crippen molar-refractivity contribution in [1.29, 1.82) is 0 Å². The zero-order chi connectivity index (χ0) is 39.4. The summed E-state index contributed by atoms with van der Waals surface area (Å²) in [6, 6.07) is 0. The number of H-pyrrole nitrogens is 2. The number of aromatic nitrogens is 8. The Hall–Kier alpha value is -4.20. The van der Waals surface area contributed by atoms with Gasteiger partial charge in [0.1, 0.15) is 31.2 Å². The van der Waals surface area contributed by atoms with Crippen molar-refractivity contribution < 1.29 is 60.5 Å². The molecule has 7 unspecified atom stereocenters. The van der Waals surface area contributed by atoms with Gasteiger partial charge in [-0.25, -0.2) is 28.3 Å². The second kappa shape index (κ2) is 15.0. The maximum Gasteiger partial charge on any atom is 0.509 e. The first-order valence-corrected chi connectivity index (χ1v) is 22.3. The molecule has 0 spiro atoms. The molecule has 3 aliphatic heterocycles. The number of halogens is 1. The maximum atomic E-state index is 16.5. The highest BCUT2D eigenvalue weighted by molar-refractivity contribution is 8.55. The lowest BCUT2D eigenvalue weighted by Crippen LogP contribution is -2.35. The van der Waals surface area contributed by atoms with E-state index in [1.807, 2.05) is 0 Å². The van der Waals surface area contributed by atoms with Gasteiger partial charge in [0.2, 0.25) is 24.3 Å². The average Bonchev–Trinajstić information content (AvgIpc) is 3.87. The van der Waals surface area contributed by atoms with Crippen molar-refractivity contribution in [3.63, 3.8) is 0 Å². The third-order valence-electron chi connectivity index (χ3n) is 7.96. The summed E-state index contributed by atoms with van der Waals surface area (Å²) in [7, 11) is 0. The molecule has 7 rings (SSSR count). The summed E-state index contributed by atoms with van der Waals surface area (Å²) < 4.78 is 92.3. The molecule has 1 fully saturated rings. The van der Waals surface area contributed by atoms with Gasteiger partial charge < -0.3 is 40.0 Å². The number of rotatable bonds is 7. The molecule has 0 saturated carbocycles. The number of imidazole rings is 2. The number of nitrogens with one attached hydrogen (secondary N) is 2. The molecule has 24 nitrogen and oxygen atoms in total. The highest BCUT2D eigenvalue weighted by atomic mass is 32.7. The van der Waals surface area contributed by atoms with E-state index in [9.17, 15) is 28.6 Å². The Balaban J connectivity index is 1.27. The van der Waals surface area contributed by atoms with Crippen LogP contribution in [0.1, 0.15) is 26.3 Å². The minimum absolute atomic E-state index is 0.115. The first kappa shape index (κ1) is 39.1. The van der Waals surface area contributed by atoms with E-state index in [1.165, 1.54) is 10.8 Å². The second-order valence-corrected chi connectivity index (χ2v) is 20.0. The van der Waals surface area contributed by atoms with Crippen LogP contribution in [0.2, 0.25) is 0 Å². The van der Waals surface area contributed by atoms with Crippen molar-refractivity contribution in [2.24, 2.45) is 0 Å². The Kier molecular flexibility index (Phi) is 10.7. The number of hydrogen-bond donors (Lipinski definition) is 5. The van der Waals surface area contributed by atoms with Crippen LogP contribution in [0.25, 0.3) is 22.3 Å². The quantitative estimate of drug-likeness (QED) is 0.101. The molecule has 0 amide bonds. The van der Waals surface area contributed by atoms with E-state index in [4.69, 9.17) is 48.5 Å². The molecule has 2 bridgehead atoms. The van der Waals surface area contributed by atoms with E-state index < -0.39 is 105 Å². The fourth-order valence-electron chi connectivity index (χ4n) is 5.55. The predicted molar refractivity (Wildman–Crippen MR) is 189 cm³/mol. The fourth-order valence-corrected chi connectivity index (χ4v) is 10.2. The second-order valence-electron chi connectivity index (χ2n) is 11.9. The normalized spacial score (nSPS) is 30.0. The number of aliphatic hydroxyl groups is 1. The third kappa shape index (κ3) is 7.67. The Morgan fingerprint density at radius 2 is 1.67 bits per heavy atom. The summed E-state index contributed by atoms with van der Waals surface area (Å²) in [6.45, 7) is -7.57. The van der Waals surface area contributed by atoms with E-state index in [0.717, 1.165) is 17.2 Å². The van der Waals surface area contributed by atoms with E-state index in [-0.39, 0.29) is 34.2 Å². The average molecular weight is 853 g/mol. The lowest BCUT2D eigenvalue weighted by molar-refractivity contribution is -0.0463. The van der Waals surface area contributed by atoms with Gasteiger partial charge in [0.05, 0.1) is 19.0 Å². The minimum Gasteiger partial charge on any atom is -0.465 e. The summed E-state index contributed by atoms with van der Waals surface area (Å²) in [4.78, 5) is 57.9. The molecule has 1 saturated heterocycles. The van der Waals surface area contributed by atoms with Crippen LogP contribution < -0.4 is 22.6 Å². The number of ether oxygens (including phenoxy) is 4. The first-order valence-electron chi connectivity index (χ1n) is 15.8. The van der Waals surface area contributed by atoms with Gasteiger partial charge >= 0.3 is 19.8 Å². The van der Waals surface area contributed by atoms with E-state index in [0.29, 0.717) is 22.8 Å². The number of nitrogens with two attached hydrogens (primary N) is 2. The molecule has 298 valence electrons. The number of aromatic amines is 2. The van der Waals surface area contributed by atoms with Crippen molar-refractivity contribution in [2.75, 3.05) is 36.9 Å². The van der Waals surface area contributed by atoms with Gasteiger partial charge in [-0.15, -0.1) is 0 Å². The SMILES string of the molecule is CSP1(=O)OC[C@H]2OC(n3cnc4c(=O)[nH]c(N)nc43)C(OP(=O)(SCOC(=O)OC(C)C)OCC3=C(O1)C(F)C(n1cnc4c(=O)[nH]c(N)nc41)O3)C2O.